The molecule has 0 atom stereocenters. The van der Waals surface area contributed by atoms with E-state index in [4.69, 9.17) is 11.6 Å². The number of rotatable bonds is 3. The van der Waals surface area contributed by atoms with E-state index in [9.17, 15) is 14.9 Å². The fourth-order valence-electron chi connectivity index (χ4n) is 1.50. The molecule has 0 spiro atoms. The quantitative estimate of drug-likeness (QED) is 0.633. The topological polar surface area (TPSA) is 78.0 Å². The van der Waals surface area contributed by atoms with E-state index in [1.807, 2.05) is 0 Å². The molecule has 1 aromatic carbocycles. The van der Waals surface area contributed by atoms with Crippen molar-refractivity contribution in [3.63, 3.8) is 0 Å². The SMILES string of the molecule is O=c1c(Br)cncn1Cc1ccc([N+](=O)[O-])cc1Cl. The zero-order chi connectivity index (χ0) is 14.0. The second-order valence-corrected chi connectivity index (χ2v) is 4.97. The molecular weight excluding hydrogens is 337 g/mol. The molecule has 6 nitrogen and oxygen atoms in total. The lowest BCUT2D eigenvalue weighted by atomic mass is 10.2. The monoisotopic (exact) mass is 343 g/mol. The average molecular weight is 345 g/mol. The lowest BCUT2D eigenvalue weighted by Crippen LogP contribution is -2.21. The second-order valence-electron chi connectivity index (χ2n) is 3.71. The van der Waals surface area contributed by atoms with E-state index in [1.165, 1.54) is 35.3 Å². The van der Waals surface area contributed by atoms with Gasteiger partial charge in [-0.3, -0.25) is 19.5 Å². The Labute approximate surface area is 120 Å². The summed E-state index contributed by atoms with van der Waals surface area (Å²) >= 11 is 9.05. The first-order chi connectivity index (χ1) is 8.99. The van der Waals surface area contributed by atoms with Crippen molar-refractivity contribution in [3.05, 3.63) is 66.3 Å². The van der Waals surface area contributed by atoms with Gasteiger partial charge in [-0.15, -0.1) is 0 Å². The van der Waals surface area contributed by atoms with Crippen molar-refractivity contribution in [1.82, 2.24) is 9.55 Å². The molecule has 2 rings (SSSR count). The fraction of sp³-hybridized carbons (Fsp3) is 0.0909. The Kier molecular flexibility index (Phi) is 3.96. The minimum absolute atomic E-state index is 0.0894. The highest BCUT2D eigenvalue weighted by Crippen LogP contribution is 2.22. The highest BCUT2D eigenvalue weighted by molar-refractivity contribution is 9.10. The normalized spacial score (nSPS) is 10.4. The van der Waals surface area contributed by atoms with E-state index in [0.29, 0.717) is 10.0 Å². The van der Waals surface area contributed by atoms with E-state index in [1.54, 1.807) is 0 Å². The van der Waals surface area contributed by atoms with Gasteiger partial charge in [-0.25, -0.2) is 4.98 Å². The van der Waals surface area contributed by atoms with Crippen molar-refractivity contribution in [1.29, 1.82) is 0 Å². The number of halogens is 2. The molecule has 8 heteroatoms. The molecule has 0 aliphatic heterocycles. The molecule has 0 aliphatic carbocycles. The van der Waals surface area contributed by atoms with Crippen LogP contribution in [0.5, 0.6) is 0 Å². The van der Waals surface area contributed by atoms with Crippen molar-refractivity contribution >= 4 is 33.2 Å². The van der Waals surface area contributed by atoms with Crippen LogP contribution in [0.2, 0.25) is 5.02 Å². The summed E-state index contributed by atoms with van der Waals surface area (Å²) in [5.41, 5.74) is 0.271. The smallest absolute Gasteiger partial charge is 0.270 e. The minimum Gasteiger partial charge on any atom is -0.294 e. The molecule has 98 valence electrons. The maximum atomic E-state index is 11.8. The molecule has 0 amide bonds. The molecule has 0 aliphatic rings. The first-order valence-corrected chi connectivity index (χ1v) is 6.29. The molecule has 0 radical (unpaired) electrons. The second kappa shape index (κ2) is 5.50. The van der Waals surface area contributed by atoms with E-state index >= 15 is 0 Å². The average Bonchev–Trinajstić information content (AvgIpc) is 2.37. The summed E-state index contributed by atoms with van der Waals surface area (Å²) in [5.74, 6) is 0. The third-order valence-corrected chi connectivity index (χ3v) is 3.34. The molecule has 0 bridgehead atoms. The third kappa shape index (κ3) is 2.99. The Bertz CT molecular complexity index is 702. The molecule has 0 unspecified atom stereocenters. The lowest BCUT2D eigenvalue weighted by molar-refractivity contribution is -0.384. The summed E-state index contributed by atoms with van der Waals surface area (Å²) in [5, 5.41) is 10.8. The fourth-order valence-corrected chi connectivity index (χ4v) is 2.08. The van der Waals surface area contributed by atoms with Gasteiger partial charge in [0.15, 0.2) is 0 Å². The van der Waals surface area contributed by atoms with Crippen LogP contribution in [-0.4, -0.2) is 14.5 Å². The predicted octanol–water partition coefficient (Wildman–Crippen LogP) is 2.62. The zero-order valence-electron chi connectivity index (χ0n) is 9.42. The van der Waals surface area contributed by atoms with Crippen molar-refractivity contribution in [2.45, 2.75) is 6.54 Å². The molecule has 1 heterocycles. The van der Waals surface area contributed by atoms with Crippen LogP contribution in [0.25, 0.3) is 0 Å². The number of nitrogens with zero attached hydrogens (tertiary/aromatic N) is 3. The van der Waals surface area contributed by atoms with Crippen molar-refractivity contribution in [2.75, 3.05) is 0 Å². The Hall–Kier alpha value is -1.73. The molecule has 0 fully saturated rings. The maximum Gasteiger partial charge on any atom is 0.270 e. The Morgan fingerprint density at radius 1 is 1.47 bits per heavy atom. The lowest BCUT2D eigenvalue weighted by Gasteiger charge is -2.07. The van der Waals surface area contributed by atoms with E-state index in [2.05, 4.69) is 20.9 Å². The van der Waals surface area contributed by atoms with Gasteiger partial charge in [-0.2, -0.15) is 0 Å². The molecule has 0 saturated heterocycles. The summed E-state index contributed by atoms with van der Waals surface area (Å²) in [6, 6.07) is 4.12. The van der Waals surface area contributed by atoms with Gasteiger partial charge in [-0.05, 0) is 27.6 Å². The first kappa shape index (κ1) is 13.7. The van der Waals surface area contributed by atoms with Crippen LogP contribution in [0.4, 0.5) is 5.69 Å². The molecule has 0 saturated carbocycles. The Balaban J connectivity index is 2.36. The number of non-ortho nitro benzene ring substituents is 1. The van der Waals surface area contributed by atoms with Crippen LogP contribution in [0.3, 0.4) is 0 Å². The van der Waals surface area contributed by atoms with E-state index < -0.39 is 4.92 Å². The standard InChI is InChI=1S/C11H7BrClN3O3/c12-9-4-14-6-15(11(9)17)5-7-1-2-8(16(18)19)3-10(7)13/h1-4,6H,5H2. The molecule has 19 heavy (non-hydrogen) atoms. The summed E-state index contributed by atoms with van der Waals surface area (Å²) in [6.07, 6.45) is 2.78. The highest BCUT2D eigenvalue weighted by atomic mass is 79.9. The minimum atomic E-state index is -0.525. The van der Waals surface area contributed by atoms with Gasteiger partial charge in [0.05, 0.1) is 22.8 Å². The van der Waals surface area contributed by atoms with Crippen molar-refractivity contribution in [2.24, 2.45) is 0 Å². The van der Waals surface area contributed by atoms with Crippen molar-refractivity contribution < 1.29 is 4.92 Å². The van der Waals surface area contributed by atoms with Gasteiger partial charge in [0.25, 0.3) is 11.2 Å². The number of nitro groups is 1. The van der Waals surface area contributed by atoms with Gasteiger partial charge >= 0.3 is 0 Å². The van der Waals surface area contributed by atoms with Crippen LogP contribution in [-0.2, 0) is 6.54 Å². The predicted molar refractivity (Wildman–Crippen MR) is 73.4 cm³/mol. The van der Waals surface area contributed by atoms with Gasteiger partial charge in [0, 0.05) is 18.3 Å². The summed E-state index contributed by atoms with van der Waals surface area (Å²) < 4.78 is 1.70. The number of hydrogen-bond donors (Lipinski definition) is 0. The number of aromatic nitrogens is 2. The van der Waals surface area contributed by atoms with Gasteiger partial charge in [-0.1, -0.05) is 11.6 Å². The van der Waals surface area contributed by atoms with Crippen LogP contribution in [0, 0.1) is 10.1 Å². The number of hydrogen-bond acceptors (Lipinski definition) is 4. The molecule has 0 N–H and O–H groups in total. The Morgan fingerprint density at radius 2 is 2.21 bits per heavy atom. The molecule has 1 aromatic heterocycles. The van der Waals surface area contributed by atoms with Crippen molar-refractivity contribution in [3.8, 4) is 0 Å². The third-order valence-electron chi connectivity index (χ3n) is 2.45. The van der Waals surface area contributed by atoms with E-state index in [-0.39, 0.29) is 22.8 Å². The Morgan fingerprint density at radius 3 is 2.84 bits per heavy atom. The largest absolute Gasteiger partial charge is 0.294 e. The summed E-state index contributed by atoms with van der Waals surface area (Å²) in [6.45, 7) is 0.197. The molecular formula is C11H7BrClN3O3. The zero-order valence-corrected chi connectivity index (χ0v) is 11.8. The summed E-state index contributed by atoms with van der Waals surface area (Å²) in [4.78, 5) is 25.7. The van der Waals surface area contributed by atoms with Gasteiger partial charge in [0.2, 0.25) is 0 Å². The van der Waals surface area contributed by atoms with Crippen LogP contribution in [0.1, 0.15) is 5.56 Å². The maximum absolute atomic E-state index is 11.8. The van der Waals surface area contributed by atoms with E-state index in [0.717, 1.165) is 0 Å². The van der Waals surface area contributed by atoms with Gasteiger partial charge in [0.1, 0.15) is 4.47 Å². The van der Waals surface area contributed by atoms with Crippen LogP contribution >= 0.6 is 27.5 Å². The van der Waals surface area contributed by atoms with Crippen LogP contribution < -0.4 is 5.56 Å². The number of benzene rings is 1. The van der Waals surface area contributed by atoms with Crippen LogP contribution in [0.15, 0.2) is 40.0 Å². The summed E-state index contributed by atoms with van der Waals surface area (Å²) in [7, 11) is 0. The van der Waals surface area contributed by atoms with Gasteiger partial charge < -0.3 is 0 Å². The number of nitro benzene ring substituents is 1. The highest BCUT2D eigenvalue weighted by Gasteiger charge is 2.10. The molecule has 2 aromatic rings. The first-order valence-electron chi connectivity index (χ1n) is 5.12.